The number of cyclic esters (lactones) is 1. The second kappa shape index (κ2) is 23.2. The number of methoxy groups -OCH3 is 1. The maximum atomic E-state index is 13.3. The van der Waals surface area contributed by atoms with Gasteiger partial charge < -0.3 is 57.8 Å². The first-order chi connectivity index (χ1) is 27.7. The third-order valence-corrected chi connectivity index (χ3v) is 11.0. The van der Waals surface area contributed by atoms with E-state index >= 15 is 0 Å². The summed E-state index contributed by atoms with van der Waals surface area (Å²) in [7, 11) is 4.84. The Balaban J connectivity index is 2.00. The molecular weight excluding hydrogens is 770 g/mol. The number of carbonyl (C=O) groups is 5. The number of carbonyl (C=O) groups excluding carboxylic acids is 5. The van der Waals surface area contributed by atoms with Crippen molar-refractivity contribution in [2.45, 2.75) is 179 Å². The predicted octanol–water partition coefficient (Wildman–Crippen LogP) is 3.61. The van der Waals surface area contributed by atoms with E-state index in [2.05, 4.69) is 0 Å². The molecule has 3 aliphatic rings. The summed E-state index contributed by atoms with van der Waals surface area (Å²) in [5.41, 5.74) is -1.51. The maximum absolute atomic E-state index is 13.3. The zero-order chi connectivity index (χ0) is 44.2. The average molecular weight is 840 g/mol. The Morgan fingerprint density at radius 2 is 1.69 bits per heavy atom. The SMILES string of the molecule is CCC(=O)OC1CC(=O)OC(C)CC=CC=CC(=O)C(C)CC(CC=O)C(OC2OC(C)C(OC3CC(C)(O)C(OC(=O)CC(C)C)C(C)O3)C(N(C)C)C2O)C1OC. The summed E-state index contributed by atoms with van der Waals surface area (Å²) < 4.78 is 48.7. The molecule has 0 bridgehead atoms. The fourth-order valence-electron chi connectivity index (χ4n) is 8.02. The Kier molecular flexibility index (Phi) is 19.8. The normalized spacial score (nSPS) is 37.9. The number of nitrogens with zero attached hydrogens (tertiary/aromatic N) is 1. The molecule has 59 heavy (non-hydrogen) atoms. The fourth-order valence-corrected chi connectivity index (χ4v) is 8.02. The number of ketones is 1. The summed E-state index contributed by atoms with van der Waals surface area (Å²) in [4.78, 5) is 66.0. The minimum atomic E-state index is -1.51. The van der Waals surface area contributed by atoms with Crippen LogP contribution >= 0.6 is 0 Å². The van der Waals surface area contributed by atoms with E-state index in [0.717, 1.165) is 0 Å². The Bertz CT molecular complexity index is 1450. The molecule has 0 aliphatic carbocycles. The highest BCUT2D eigenvalue weighted by Gasteiger charge is 2.53. The number of rotatable bonds is 13. The molecule has 336 valence electrons. The Hall–Kier alpha value is -3.09. The van der Waals surface area contributed by atoms with Gasteiger partial charge in [0.05, 0.1) is 30.8 Å². The van der Waals surface area contributed by atoms with Gasteiger partial charge in [0, 0.05) is 45.1 Å². The number of likely N-dealkylation sites (N-methyl/N-ethyl adjacent to an activating group) is 1. The quantitative estimate of drug-likeness (QED) is 0.155. The Morgan fingerprint density at radius 1 is 1.00 bits per heavy atom. The molecule has 3 rings (SSSR count). The molecule has 15 atom stereocenters. The lowest BCUT2D eigenvalue weighted by atomic mass is 9.83. The first-order valence-electron chi connectivity index (χ1n) is 20.8. The van der Waals surface area contributed by atoms with Crippen LogP contribution in [0.1, 0.15) is 100 Å². The van der Waals surface area contributed by atoms with E-state index in [9.17, 15) is 34.2 Å². The van der Waals surface area contributed by atoms with Gasteiger partial charge in [-0.1, -0.05) is 45.9 Å². The topological polar surface area (TPSA) is 203 Å². The number of aliphatic hydroxyl groups is 2. The summed E-state index contributed by atoms with van der Waals surface area (Å²) in [6, 6.07) is -0.796. The van der Waals surface area contributed by atoms with Crippen LogP contribution in [-0.4, -0.2) is 145 Å². The van der Waals surface area contributed by atoms with Crippen molar-refractivity contribution < 1.29 is 72.1 Å². The second-order valence-corrected chi connectivity index (χ2v) is 17.0. The van der Waals surface area contributed by atoms with Gasteiger partial charge in [-0.25, -0.2) is 0 Å². The van der Waals surface area contributed by atoms with Gasteiger partial charge >= 0.3 is 17.9 Å². The van der Waals surface area contributed by atoms with Crippen LogP contribution < -0.4 is 0 Å². The number of allylic oxidation sites excluding steroid dienone is 3. The van der Waals surface area contributed by atoms with Crippen LogP contribution in [0.2, 0.25) is 0 Å². The molecule has 16 heteroatoms. The van der Waals surface area contributed by atoms with Crippen molar-refractivity contribution in [2.24, 2.45) is 17.8 Å². The third kappa shape index (κ3) is 14.5. The standard InChI is InChI=1S/C43H69NO15/c1-12-32(47)56-31-22-34(49)53-26(5)16-14-13-15-17-30(46)25(4)21-29(18-19-45)39(40(31)52-11)59-42-37(50)36(44(9)10)38(27(6)55-42)58-35-23-43(8,51)41(28(7)54-35)57-33(48)20-24(2)3/h13-15,17,19,24-29,31,35-42,50-51H,12,16,18,20-23H2,1-11H3. The van der Waals surface area contributed by atoms with Crippen molar-refractivity contribution in [1.29, 1.82) is 0 Å². The maximum Gasteiger partial charge on any atom is 0.309 e. The van der Waals surface area contributed by atoms with Crippen LogP contribution in [0.25, 0.3) is 0 Å². The highest BCUT2D eigenvalue weighted by Crippen LogP contribution is 2.37. The van der Waals surface area contributed by atoms with Gasteiger partial charge in [-0.2, -0.15) is 0 Å². The number of ether oxygens (including phenoxy) is 8. The monoisotopic (exact) mass is 839 g/mol. The summed E-state index contributed by atoms with van der Waals surface area (Å²) in [6.45, 7) is 13.8. The number of esters is 3. The van der Waals surface area contributed by atoms with E-state index in [0.29, 0.717) is 12.7 Å². The molecule has 0 aromatic carbocycles. The molecule has 16 nitrogen and oxygen atoms in total. The molecule has 2 N–H and O–H groups in total. The predicted molar refractivity (Wildman–Crippen MR) is 213 cm³/mol. The third-order valence-electron chi connectivity index (χ3n) is 11.0. The van der Waals surface area contributed by atoms with E-state index in [4.69, 9.17) is 37.9 Å². The minimum absolute atomic E-state index is 0.0128. The Labute approximate surface area is 349 Å². The van der Waals surface area contributed by atoms with Crippen molar-refractivity contribution in [3.8, 4) is 0 Å². The van der Waals surface area contributed by atoms with Gasteiger partial charge in [0.15, 0.2) is 24.5 Å². The summed E-state index contributed by atoms with van der Waals surface area (Å²) in [6.07, 6.45) is -4.00. The fraction of sp³-hybridized carbons (Fsp3) is 0.791. The molecule has 0 saturated carbocycles. The van der Waals surface area contributed by atoms with Gasteiger partial charge in [0.1, 0.15) is 42.4 Å². The first kappa shape index (κ1) is 50.3. The van der Waals surface area contributed by atoms with Gasteiger partial charge in [-0.05, 0) is 66.1 Å². The first-order valence-corrected chi connectivity index (χ1v) is 20.8. The average Bonchev–Trinajstić information content (AvgIpc) is 3.13. The molecule has 3 aliphatic heterocycles. The van der Waals surface area contributed by atoms with Gasteiger partial charge in [0.2, 0.25) is 0 Å². The molecule has 2 saturated heterocycles. The van der Waals surface area contributed by atoms with Crippen LogP contribution in [0.4, 0.5) is 0 Å². The molecule has 0 amide bonds. The molecule has 3 heterocycles. The van der Waals surface area contributed by atoms with Gasteiger partial charge in [0.25, 0.3) is 0 Å². The number of aldehydes is 1. The molecule has 0 spiro atoms. The van der Waals surface area contributed by atoms with Crippen molar-refractivity contribution in [2.75, 3.05) is 21.2 Å². The lowest BCUT2D eigenvalue weighted by molar-refractivity contribution is -0.344. The second-order valence-electron chi connectivity index (χ2n) is 17.0. The van der Waals surface area contributed by atoms with Crippen LogP contribution in [0.3, 0.4) is 0 Å². The summed E-state index contributed by atoms with van der Waals surface area (Å²) >= 11 is 0. The molecule has 0 aromatic heterocycles. The van der Waals surface area contributed by atoms with E-state index in [1.165, 1.54) is 13.2 Å². The highest BCUT2D eigenvalue weighted by molar-refractivity contribution is 5.91. The smallest absolute Gasteiger partial charge is 0.309 e. The molecule has 15 unspecified atom stereocenters. The summed E-state index contributed by atoms with van der Waals surface area (Å²) in [5.74, 6) is -3.22. The van der Waals surface area contributed by atoms with E-state index in [1.807, 2.05) is 13.8 Å². The lowest BCUT2D eigenvalue weighted by Crippen LogP contribution is -2.66. The minimum Gasteiger partial charge on any atom is -0.462 e. The van der Waals surface area contributed by atoms with E-state index in [1.54, 1.807) is 78.8 Å². The van der Waals surface area contributed by atoms with E-state index < -0.39 is 115 Å². The largest absolute Gasteiger partial charge is 0.462 e. The zero-order valence-electron chi connectivity index (χ0n) is 36.6. The van der Waals surface area contributed by atoms with Gasteiger partial charge in [-0.3, -0.25) is 19.2 Å². The number of hydrogen-bond acceptors (Lipinski definition) is 16. The van der Waals surface area contributed by atoms with Crippen LogP contribution in [0, 0.1) is 17.8 Å². The van der Waals surface area contributed by atoms with Crippen LogP contribution in [0.15, 0.2) is 24.3 Å². The molecule has 0 aromatic rings. The van der Waals surface area contributed by atoms with E-state index in [-0.39, 0.29) is 43.8 Å². The molecular formula is C43H69NO15. The van der Waals surface area contributed by atoms with Crippen molar-refractivity contribution in [3.05, 3.63) is 24.3 Å². The molecule has 0 radical (unpaired) electrons. The van der Waals surface area contributed by atoms with Crippen molar-refractivity contribution >= 4 is 30.0 Å². The summed E-state index contributed by atoms with van der Waals surface area (Å²) in [5, 5.41) is 23.6. The van der Waals surface area contributed by atoms with Gasteiger partial charge in [-0.15, -0.1) is 0 Å². The number of aliphatic hydroxyl groups excluding tert-OH is 1. The van der Waals surface area contributed by atoms with Crippen LogP contribution in [0.5, 0.6) is 0 Å². The Morgan fingerprint density at radius 3 is 2.29 bits per heavy atom. The van der Waals surface area contributed by atoms with Crippen molar-refractivity contribution in [1.82, 2.24) is 4.90 Å². The van der Waals surface area contributed by atoms with Crippen molar-refractivity contribution in [3.63, 3.8) is 0 Å². The lowest BCUT2D eigenvalue weighted by Gasteiger charge is -2.50. The van der Waals surface area contributed by atoms with Crippen LogP contribution in [-0.2, 0) is 61.9 Å². The highest BCUT2D eigenvalue weighted by atomic mass is 16.7. The molecule has 2 fully saturated rings. The number of hydrogen-bond donors (Lipinski definition) is 2. The zero-order valence-corrected chi connectivity index (χ0v) is 36.6.